The number of ether oxygens (including phenoxy) is 1. The van der Waals surface area contributed by atoms with Crippen molar-refractivity contribution in [3.05, 3.63) is 60.2 Å². The molecule has 0 spiro atoms. The molecule has 1 heterocycles. The summed E-state index contributed by atoms with van der Waals surface area (Å²) in [5.41, 5.74) is 1.86. The average Bonchev–Trinajstić information content (AvgIpc) is 3.19. The maximum Gasteiger partial charge on any atom is 0.322 e. The van der Waals surface area contributed by atoms with Gasteiger partial charge in [-0.3, -0.25) is 4.79 Å². The lowest BCUT2D eigenvalue weighted by molar-refractivity contribution is -0.124. The number of methoxy groups -OCH3 is 1. The van der Waals surface area contributed by atoms with E-state index in [-0.39, 0.29) is 11.9 Å². The van der Waals surface area contributed by atoms with Crippen LogP contribution in [0.5, 0.6) is 5.75 Å². The molecule has 1 atom stereocenters. The van der Waals surface area contributed by atoms with Crippen molar-refractivity contribution < 1.29 is 14.3 Å². The molecular weight excluding hydrogens is 342 g/mol. The van der Waals surface area contributed by atoms with Gasteiger partial charge in [-0.1, -0.05) is 30.3 Å². The van der Waals surface area contributed by atoms with Crippen LogP contribution in [-0.4, -0.2) is 43.1 Å². The van der Waals surface area contributed by atoms with Crippen LogP contribution in [0.1, 0.15) is 18.4 Å². The molecule has 3 rings (SSSR count). The van der Waals surface area contributed by atoms with Crippen molar-refractivity contribution in [1.82, 2.24) is 10.2 Å². The van der Waals surface area contributed by atoms with E-state index in [4.69, 9.17) is 4.74 Å². The number of nitrogens with one attached hydrogen (secondary N) is 2. The highest BCUT2D eigenvalue weighted by Gasteiger charge is 2.33. The van der Waals surface area contributed by atoms with Gasteiger partial charge >= 0.3 is 6.03 Å². The predicted molar refractivity (Wildman–Crippen MR) is 105 cm³/mol. The van der Waals surface area contributed by atoms with Crippen molar-refractivity contribution in [3.63, 3.8) is 0 Å². The topological polar surface area (TPSA) is 70.7 Å². The quantitative estimate of drug-likeness (QED) is 0.824. The van der Waals surface area contributed by atoms with Gasteiger partial charge in [0.1, 0.15) is 11.8 Å². The van der Waals surface area contributed by atoms with E-state index in [1.807, 2.05) is 30.3 Å². The third-order valence-electron chi connectivity index (χ3n) is 4.71. The predicted octanol–water partition coefficient (Wildman–Crippen LogP) is 3.05. The summed E-state index contributed by atoms with van der Waals surface area (Å²) >= 11 is 0. The number of likely N-dealkylation sites (tertiary alicyclic amines) is 1. The molecule has 6 heteroatoms. The summed E-state index contributed by atoms with van der Waals surface area (Å²) in [4.78, 5) is 26.7. The molecule has 142 valence electrons. The number of nitrogens with zero attached hydrogens (tertiary/aromatic N) is 1. The molecule has 0 unspecified atom stereocenters. The molecule has 27 heavy (non-hydrogen) atoms. The molecule has 0 saturated carbocycles. The standard InChI is InChI=1S/C21H25N3O3/c1-27-18-11-9-17(10-12-18)23-21(26)24-15-5-8-19(24)20(25)22-14-13-16-6-3-2-4-7-16/h2-4,6-7,9-12,19H,5,8,13-15H2,1H3,(H,22,25)(H,23,26)/t19-/m0/s1. The van der Waals surface area contributed by atoms with Crippen LogP contribution in [-0.2, 0) is 11.2 Å². The van der Waals surface area contributed by atoms with E-state index in [1.165, 1.54) is 5.56 Å². The van der Waals surface area contributed by atoms with Crippen molar-refractivity contribution in [2.45, 2.75) is 25.3 Å². The third kappa shape index (κ3) is 5.00. The number of urea groups is 1. The Morgan fingerprint density at radius 2 is 1.85 bits per heavy atom. The van der Waals surface area contributed by atoms with E-state index in [9.17, 15) is 9.59 Å². The monoisotopic (exact) mass is 367 g/mol. The summed E-state index contributed by atoms with van der Waals surface area (Å²) in [6.07, 6.45) is 2.29. The lowest BCUT2D eigenvalue weighted by Gasteiger charge is -2.24. The minimum absolute atomic E-state index is 0.0895. The van der Waals surface area contributed by atoms with E-state index in [0.717, 1.165) is 18.6 Å². The van der Waals surface area contributed by atoms with Crippen molar-refractivity contribution in [1.29, 1.82) is 0 Å². The maximum absolute atomic E-state index is 12.6. The minimum atomic E-state index is -0.418. The molecule has 2 aromatic rings. The van der Waals surface area contributed by atoms with Crippen LogP contribution in [0, 0.1) is 0 Å². The summed E-state index contributed by atoms with van der Waals surface area (Å²) < 4.78 is 5.12. The lowest BCUT2D eigenvalue weighted by atomic mass is 10.1. The van der Waals surface area contributed by atoms with E-state index in [2.05, 4.69) is 10.6 Å². The van der Waals surface area contributed by atoms with Gasteiger partial charge in [0.15, 0.2) is 0 Å². The number of rotatable bonds is 6. The molecule has 1 aliphatic rings. The van der Waals surface area contributed by atoms with E-state index in [1.54, 1.807) is 36.3 Å². The van der Waals surface area contributed by atoms with E-state index in [0.29, 0.717) is 25.2 Å². The Labute approximate surface area is 159 Å². The number of amides is 3. The summed E-state index contributed by atoms with van der Waals surface area (Å²) in [5, 5.41) is 5.81. The zero-order chi connectivity index (χ0) is 19.1. The molecule has 1 fully saturated rings. The largest absolute Gasteiger partial charge is 0.497 e. The Morgan fingerprint density at radius 1 is 1.11 bits per heavy atom. The SMILES string of the molecule is COc1ccc(NC(=O)N2CCC[C@H]2C(=O)NCCc2ccccc2)cc1. The minimum Gasteiger partial charge on any atom is -0.497 e. The van der Waals surface area contributed by atoms with Crippen LogP contribution in [0.2, 0.25) is 0 Å². The zero-order valence-corrected chi connectivity index (χ0v) is 15.5. The molecule has 0 aliphatic carbocycles. The zero-order valence-electron chi connectivity index (χ0n) is 15.5. The maximum atomic E-state index is 12.6. The highest BCUT2D eigenvalue weighted by Crippen LogP contribution is 2.20. The van der Waals surface area contributed by atoms with Gasteiger partial charge in [0.05, 0.1) is 7.11 Å². The Hall–Kier alpha value is -3.02. The summed E-state index contributed by atoms with van der Waals surface area (Å²) in [7, 11) is 1.60. The highest BCUT2D eigenvalue weighted by molar-refractivity contribution is 5.94. The first-order chi connectivity index (χ1) is 13.2. The molecule has 2 aromatic carbocycles. The van der Waals surface area contributed by atoms with Crippen LogP contribution in [0.4, 0.5) is 10.5 Å². The molecule has 1 aliphatic heterocycles. The van der Waals surface area contributed by atoms with Crippen molar-refractivity contribution in [2.75, 3.05) is 25.5 Å². The molecule has 1 saturated heterocycles. The first-order valence-electron chi connectivity index (χ1n) is 9.20. The van der Waals surface area contributed by atoms with Crippen molar-refractivity contribution in [3.8, 4) is 5.75 Å². The van der Waals surface area contributed by atoms with Gasteiger partial charge < -0.3 is 20.3 Å². The van der Waals surface area contributed by atoms with Gasteiger partial charge in [-0.15, -0.1) is 0 Å². The van der Waals surface area contributed by atoms with Crippen molar-refractivity contribution >= 4 is 17.6 Å². The van der Waals surface area contributed by atoms with Gasteiger partial charge in [-0.2, -0.15) is 0 Å². The summed E-state index contributed by atoms with van der Waals surface area (Å²) in [6.45, 7) is 1.14. The second-order valence-corrected chi connectivity index (χ2v) is 6.54. The molecule has 2 N–H and O–H groups in total. The fraction of sp³-hybridized carbons (Fsp3) is 0.333. The first kappa shape index (κ1) is 18.8. The second-order valence-electron chi connectivity index (χ2n) is 6.54. The number of benzene rings is 2. The summed E-state index contributed by atoms with van der Waals surface area (Å²) in [6, 6.07) is 16.5. The Balaban J connectivity index is 1.52. The first-order valence-corrected chi connectivity index (χ1v) is 9.20. The van der Waals surface area contributed by atoms with Gasteiger partial charge in [-0.05, 0) is 49.1 Å². The molecule has 6 nitrogen and oxygen atoms in total. The summed E-state index contributed by atoms with van der Waals surface area (Å²) in [5.74, 6) is 0.637. The molecule has 3 amide bonds. The van der Waals surface area contributed by atoms with Gasteiger partial charge in [0.2, 0.25) is 5.91 Å². The normalized spacial score (nSPS) is 16.0. The van der Waals surface area contributed by atoms with E-state index < -0.39 is 6.04 Å². The molecule has 0 radical (unpaired) electrons. The fourth-order valence-corrected chi connectivity index (χ4v) is 3.24. The van der Waals surface area contributed by atoms with Crippen LogP contribution in [0.15, 0.2) is 54.6 Å². The van der Waals surface area contributed by atoms with Crippen LogP contribution in [0.3, 0.4) is 0 Å². The number of hydrogen-bond acceptors (Lipinski definition) is 3. The number of carbonyl (C=O) groups excluding carboxylic acids is 2. The van der Waals surface area contributed by atoms with E-state index >= 15 is 0 Å². The molecule has 0 aromatic heterocycles. The van der Waals surface area contributed by atoms with Gasteiger partial charge in [0, 0.05) is 18.8 Å². The number of hydrogen-bond donors (Lipinski definition) is 2. The van der Waals surface area contributed by atoms with Crippen molar-refractivity contribution in [2.24, 2.45) is 0 Å². The smallest absolute Gasteiger partial charge is 0.322 e. The number of anilines is 1. The van der Waals surface area contributed by atoms with Gasteiger partial charge in [-0.25, -0.2) is 4.79 Å². The average molecular weight is 367 g/mol. The fourth-order valence-electron chi connectivity index (χ4n) is 3.24. The second kappa shape index (κ2) is 9.07. The third-order valence-corrected chi connectivity index (χ3v) is 4.71. The molecular formula is C21H25N3O3. The molecule has 0 bridgehead atoms. The Kier molecular flexibility index (Phi) is 6.30. The highest BCUT2D eigenvalue weighted by atomic mass is 16.5. The van der Waals surface area contributed by atoms with Crippen LogP contribution < -0.4 is 15.4 Å². The lowest BCUT2D eigenvalue weighted by Crippen LogP contribution is -2.47. The Morgan fingerprint density at radius 3 is 2.56 bits per heavy atom. The van der Waals surface area contributed by atoms with Gasteiger partial charge in [0.25, 0.3) is 0 Å². The van der Waals surface area contributed by atoms with Crippen LogP contribution >= 0.6 is 0 Å². The number of carbonyl (C=O) groups is 2. The Bertz CT molecular complexity index is 762. The van der Waals surface area contributed by atoms with Crippen LogP contribution in [0.25, 0.3) is 0 Å².